The molecule has 0 radical (unpaired) electrons. The molecule has 2 heterocycles. The number of likely N-dealkylation sites (tertiary alicyclic amines) is 1. The molecule has 0 spiro atoms. The second-order valence-corrected chi connectivity index (χ2v) is 6.78. The monoisotopic (exact) mass is 314 g/mol. The lowest BCUT2D eigenvalue weighted by molar-refractivity contribution is -0.139. The molecular weight excluding hydrogens is 292 g/mol. The number of ether oxygens (including phenoxy) is 1. The Kier molecular flexibility index (Phi) is 3.81. The van der Waals surface area contributed by atoms with E-state index in [1.165, 1.54) is 5.56 Å². The van der Waals surface area contributed by atoms with Gasteiger partial charge in [-0.15, -0.1) is 0 Å². The molecule has 2 saturated heterocycles. The highest BCUT2D eigenvalue weighted by molar-refractivity contribution is 5.81. The van der Waals surface area contributed by atoms with Gasteiger partial charge in [-0.3, -0.25) is 9.59 Å². The molecule has 1 aromatic carbocycles. The van der Waals surface area contributed by atoms with Crippen molar-refractivity contribution in [1.82, 2.24) is 10.2 Å². The van der Waals surface area contributed by atoms with Crippen molar-refractivity contribution in [2.75, 3.05) is 19.7 Å². The van der Waals surface area contributed by atoms with Crippen LogP contribution in [0.3, 0.4) is 0 Å². The minimum Gasteiger partial charge on any atom is -0.365 e. The molecule has 3 atom stereocenters. The molecule has 5 heteroatoms. The van der Waals surface area contributed by atoms with E-state index in [0.717, 1.165) is 19.3 Å². The van der Waals surface area contributed by atoms with Crippen LogP contribution in [0.15, 0.2) is 30.3 Å². The maximum Gasteiger partial charge on any atom is 0.246 e. The normalized spacial score (nSPS) is 31.0. The van der Waals surface area contributed by atoms with E-state index in [9.17, 15) is 9.59 Å². The van der Waals surface area contributed by atoms with Gasteiger partial charge in [0.05, 0.1) is 12.1 Å². The molecule has 0 aromatic heterocycles. The number of nitrogens with one attached hydrogen (secondary N) is 1. The Hall–Kier alpha value is -1.88. The highest BCUT2D eigenvalue weighted by Crippen LogP contribution is 2.38. The number of hydrogen-bond acceptors (Lipinski definition) is 3. The Morgan fingerprint density at radius 3 is 2.70 bits per heavy atom. The van der Waals surface area contributed by atoms with Gasteiger partial charge in [-0.05, 0) is 18.4 Å². The van der Waals surface area contributed by atoms with E-state index in [-0.39, 0.29) is 42.4 Å². The minimum absolute atomic E-state index is 0.0558. The van der Waals surface area contributed by atoms with Crippen LogP contribution in [0.2, 0.25) is 0 Å². The number of rotatable bonds is 2. The molecule has 2 aliphatic heterocycles. The molecule has 4 rings (SSSR count). The van der Waals surface area contributed by atoms with Gasteiger partial charge in [-0.2, -0.15) is 0 Å². The lowest BCUT2D eigenvalue weighted by atomic mass is 9.84. The SMILES string of the molecule is O=C1CO[C@@H]2[C@@H](c3ccccc3)CN(C(=O)C3CCC3)[C@@H]2CN1. The quantitative estimate of drug-likeness (QED) is 0.895. The summed E-state index contributed by atoms with van der Waals surface area (Å²) >= 11 is 0. The molecule has 0 unspecified atom stereocenters. The van der Waals surface area contributed by atoms with Gasteiger partial charge in [0.1, 0.15) is 6.61 Å². The fourth-order valence-corrected chi connectivity index (χ4v) is 3.93. The smallest absolute Gasteiger partial charge is 0.246 e. The number of amides is 2. The van der Waals surface area contributed by atoms with E-state index in [0.29, 0.717) is 13.1 Å². The van der Waals surface area contributed by atoms with Crippen LogP contribution >= 0.6 is 0 Å². The lowest BCUT2D eigenvalue weighted by Gasteiger charge is -2.33. The van der Waals surface area contributed by atoms with Crippen LogP contribution in [0.1, 0.15) is 30.7 Å². The van der Waals surface area contributed by atoms with E-state index in [1.54, 1.807) is 0 Å². The standard InChI is InChI=1S/C18H22N2O3/c21-16-11-23-17-14(12-5-2-1-3-6-12)10-20(15(17)9-19-16)18(22)13-7-4-8-13/h1-3,5-6,13-15,17H,4,7-11H2,(H,19,21)/t14-,15-,17-/m1/s1. The van der Waals surface area contributed by atoms with Crippen molar-refractivity contribution in [2.24, 2.45) is 5.92 Å². The molecular formula is C18H22N2O3. The van der Waals surface area contributed by atoms with Crippen molar-refractivity contribution >= 4 is 11.8 Å². The van der Waals surface area contributed by atoms with E-state index in [2.05, 4.69) is 17.4 Å². The summed E-state index contributed by atoms with van der Waals surface area (Å²) < 4.78 is 5.91. The zero-order chi connectivity index (χ0) is 15.8. The molecule has 2 amide bonds. The first kappa shape index (κ1) is 14.7. The summed E-state index contributed by atoms with van der Waals surface area (Å²) in [6, 6.07) is 10.1. The van der Waals surface area contributed by atoms with Crippen molar-refractivity contribution in [2.45, 2.75) is 37.3 Å². The molecule has 0 bridgehead atoms. The molecule has 5 nitrogen and oxygen atoms in total. The van der Waals surface area contributed by atoms with Gasteiger partial charge in [0, 0.05) is 24.9 Å². The summed E-state index contributed by atoms with van der Waals surface area (Å²) in [5, 5.41) is 2.89. The van der Waals surface area contributed by atoms with Crippen LogP contribution in [0.4, 0.5) is 0 Å². The summed E-state index contributed by atoms with van der Waals surface area (Å²) in [5.41, 5.74) is 1.18. The first-order chi connectivity index (χ1) is 11.2. The summed E-state index contributed by atoms with van der Waals surface area (Å²) in [4.78, 5) is 26.5. The molecule has 1 aliphatic carbocycles. The summed E-state index contributed by atoms with van der Waals surface area (Å²) in [5.74, 6) is 0.453. The third kappa shape index (κ3) is 2.63. The van der Waals surface area contributed by atoms with Gasteiger partial charge >= 0.3 is 0 Å². The van der Waals surface area contributed by atoms with Crippen LogP contribution in [-0.2, 0) is 14.3 Å². The van der Waals surface area contributed by atoms with Crippen molar-refractivity contribution < 1.29 is 14.3 Å². The zero-order valence-corrected chi connectivity index (χ0v) is 13.1. The Balaban J connectivity index is 1.62. The Labute approximate surface area is 136 Å². The van der Waals surface area contributed by atoms with Crippen LogP contribution < -0.4 is 5.32 Å². The topological polar surface area (TPSA) is 58.6 Å². The van der Waals surface area contributed by atoms with Crippen molar-refractivity contribution in [3.8, 4) is 0 Å². The number of carbonyl (C=O) groups is 2. The highest BCUT2D eigenvalue weighted by Gasteiger charge is 2.48. The fraction of sp³-hybridized carbons (Fsp3) is 0.556. The van der Waals surface area contributed by atoms with Gasteiger partial charge in [0.2, 0.25) is 11.8 Å². The average Bonchev–Trinajstić information content (AvgIpc) is 2.78. The van der Waals surface area contributed by atoms with Gasteiger partial charge < -0.3 is 15.0 Å². The molecule has 1 aromatic rings. The number of carbonyl (C=O) groups excluding carboxylic acids is 2. The maximum atomic E-state index is 12.8. The first-order valence-corrected chi connectivity index (χ1v) is 8.48. The molecule has 122 valence electrons. The van der Waals surface area contributed by atoms with Gasteiger partial charge in [0.25, 0.3) is 0 Å². The van der Waals surface area contributed by atoms with Gasteiger partial charge in [-0.1, -0.05) is 36.8 Å². The highest BCUT2D eigenvalue weighted by atomic mass is 16.5. The number of nitrogens with zero attached hydrogens (tertiary/aromatic N) is 1. The number of hydrogen-bond donors (Lipinski definition) is 1. The Bertz CT molecular complexity index is 600. The predicted octanol–water partition coefficient (Wildman–Crippen LogP) is 1.30. The van der Waals surface area contributed by atoms with Crippen molar-refractivity contribution in [1.29, 1.82) is 0 Å². The Morgan fingerprint density at radius 2 is 2.00 bits per heavy atom. The number of fused-ring (bicyclic) bond motifs is 1. The van der Waals surface area contributed by atoms with Crippen LogP contribution in [0.5, 0.6) is 0 Å². The van der Waals surface area contributed by atoms with E-state index in [1.807, 2.05) is 23.1 Å². The van der Waals surface area contributed by atoms with E-state index < -0.39 is 0 Å². The van der Waals surface area contributed by atoms with Crippen molar-refractivity contribution in [3.63, 3.8) is 0 Å². The minimum atomic E-state index is -0.111. The van der Waals surface area contributed by atoms with Gasteiger partial charge in [-0.25, -0.2) is 0 Å². The van der Waals surface area contributed by atoms with Crippen LogP contribution in [0.25, 0.3) is 0 Å². The first-order valence-electron chi connectivity index (χ1n) is 8.48. The summed E-state index contributed by atoms with van der Waals surface area (Å²) in [6.07, 6.45) is 3.03. The molecule has 1 N–H and O–H groups in total. The molecule has 3 fully saturated rings. The lowest BCUT2D eigenvalue weighted by Crippen LogP contribution is -2.48. The third-order valence-electron chi connectivity index (χ3n) is 5.45. The van der Waals surface area contributed by atoms with Crippen molar-refractivity contribution in [3.05, 3.63) is 35.9 Å². The molecule has 3 aliphatic rings. The average molecular weight is 314 g/mol. The second-order valence-electron chi connectivity index (χ2n) is 6.78. The summed E-state index contributed by atoms with van der Waals surface area (Å²) in [7, 11) is 0. The zero-order valence-electron chi connectivity index (χ0n) is 13.1. The van der Waals surface area contributed by atoms with E-state index >= 15 is 0 Å². The number of benzene rings is 1. The molecule has 1 saturated carbocycles. The molecule has 23 heavy (non-hydrogen) atoms. The third-order valence-corrected chi connectivity index (χ3v) is 5.45. The second kappa shape index (κ2) is 5.96. The summed E-state index contributed by atoms with van der Waals surface area (Å²) in [6.45, 7) is 1.26. The van der Waals surface area contributed by atoms with Gasteiger partial charge in [0.15, 0.2) is 0 Å². The largest absolute Gasteiger partial charge is 0.365 e. The van der Waals surface area contributed by atoms with Crippen LogP contribution in [0, 0.1) is 5.92 Å². The fourth-order valence-electron chi connectivity index (χ4n) is 3.93. The maximum absolute atomic E-state index is 12.8. The Morgan fingerprint density at radius 1 is 1.22 bits per heavy atom. The van der Waals surface area contributed by atoms with E-state index in [4.69, 9.17) is 4.74 Å². The predicted molar refractivity (Wildman–Crippen MR) is 84.8 cm³/mol. The van der Waals surface area contributed by atoms with Crippen LogP contribution in [-0.4, -0.2) is 48.6 Å².